The number of carboxylic acid groups (broad SMARTS) is 1. The second kappa shape index (κ2) is 6.01. The van der Waals surface area contributed by atoms with Crippen LogP contribution in [0.4, 0.5) is 0 Å². The van der Waals surface area contributed by atoms with Crippen molar-refractivity contribution in [2.24, 2.45) is 0 Å². The summed E-state index contributed by atoms with van der Waals surface area (Å²) in [7, 11) is 1.83. The van der Waals surface area contributed by atoms with Gasteiger partial charge >= 0.3 is 5.97 Å². The molecule has 16 heavy (non-hydrogen) atoms. The van der Waals surface area contributed by atoms with Crippen LogP contribution in [0, 0.1) is 0 Å². The molecule has 4 heteroatoms. The highest BCUT2D eigenvalue weighted by Crippen LogP contribution is 2.11. The molecule has 0 aliphatic carbocycles. The smallest absolute Gasteiger partial charge is 0.320 e. The van der Waals surface area contributed by atoms with Crippen molar-refractivity contribution in [2.75, 3.05) is 13.6 Å². The van der Waals surface area contributed by atoms with Crippen molar-refractivity contribution in [3.8, 4) is 0 Å². The minimum atomic E-state index is -0.779. The highest BCUT2D eigenvalue weighted by molar-refractivity contribution is 9.10. The van der Waals surface area contributed by atoms with Crippen LogP contribution in [-0.4, -0.2) is 35.6 Å². The average molecular weight is 286 g/mol. The van der Waals surface area contributed by atoms with Gasteiger partial charge in [0.15, 0.2) is 0 Å². The van der Waals surface area contributed by atoms with E-state index >= 15 is 0 Å². The molecule has 1 aromatic carbocycles. The van der Waals surface area contributed by atoms with E-state index in [2.05, 4.69) is 15.9 Å². The van der Waals surface area contributed by atoms with E-state index in [1.54, 1.807) is 6.92 Å². The lowest BCUT2D eigenvalue weighted by Crippen LogP contribution is -2.37. The van der Waals surface area contributed by atoms with Crippen LogP contribution in [0.15, 0.2) is 28.7 Å². The van der Waals surface area contributed by atoms with E-state index < -0.39 is 12.0 Å². The molecule has 0 aliphatic rings. The summed E-state index contributed by atoms with van der Waals surface area (Å²) in [6.45, 7) is 2.44. The van der Waals surface area contributed by atoms with E-state index in [1.807, 2.05) is 36.2 Å². The van der Waals surface area contributed by atoms with E-state index in [0.29, 0.717) is 0 Å². The number of likely N-dealkylation sites (N-methyl/N-ethyl adjacent to an activating group) is 1. The maximum Gasteiger partial charge on any atom is 0.320 e. The maximum absolute atomic E-state index is 10.7. The zero-order valence-electron chi connectivity index (χ0n) is 9.48. The quantitative estimate of drug-likeness (QED) is 0.903. The van der Waals surface area contributed by atoms with Crippen LogP contribution in [-0.2, 0) is 11.2 Å². The lowest BCUT2D eigenvalue weighted by molar-refractivity contribution is -0.142. The van der Waals surface area contributed by atoms with Gasteiger partial charge < -0.3 is 5.11 Å². The largest absolute Gasteiger partial charge is 0.480 e. The number of carboxylic acids is 1. The Bertz CT molecular complexity index is 351. The Morgan fingerprint density at radius 3 is 2.50 bits per heavy atom. The standard InChI is InChI=1S/C12H16BrNO2/c1-9(12(15)16)14(2)8-7-10-3-5-11(13)6-4-10/h3-6,9H,7-8H2,1-2H3,(H,15,16)/t9-/m1/s1. The Kier molecular flexibility index (Phi) is 4.96. The summed E-state index contributed by atoms with van der Waals surface area (Å²) in [5.41, 5.74) is 1.22. The summed E-state index contributed by atoms with van der Waals surface area (Å²) < 4.78 is 1.06. The lowest BCUT2D eigenvalue weighted by Gasteiger charge is -2.20. The van der Waals surface area contributed by atoms with Crippen molar-refractivity contribution >= 4 is 21.9 Å². The second-order valence-electron chi connectivity index (χ2n) is 3.87. The van der Waals surface area contributed by atoms with E-state index in [4.69, 9.17) is 5.11 Å². The van der Waals surface area contributed by atoms with Gasteiger partial charge in [-0.25, -0.2) is 0 Å². The highest BCUT2D eigenvalue weighted by atomic mass is 79.9. The average Bonchev–Trinajstić information content (AvgIpc) is 2.26. The van der Waals surface area contributed by atoms with Crippen molar-refractivity contribution in [1.82, 2.24) is 4.90 Å². The molecule has 0 radical (unpaired) electrons. The van der Waals surface area contributed by atoms with Crippen LogP contribution in [0.5, 0.6) is 0 Å². The summed E-state index contributed by atoms with van der Waals surface area (Å²) in [5.74, 6) is -0.779. The van der Waals surface area contributed by atoms with Gasteiger partial charge in [0.2, 0.25) is 0 Å². The summed E-state index contributed by atoms with van der Waals surface area (Å²) >= 11 is 3.38. The van der Waals surface area contributed by atoms with Crippen molar-refractivity contribution in [3.05, 3.63) is 34.3 Å². The van der Waals surface area contributed by atoms with Crippen molar-refractivity contribution in [2.45, 2.75) is 19.4 Å². The van der Waals surface area contributed by atoms with Gasteiger partial charge in [0.1, 0.15) is 6.04 Å². The third-order valence-corrected chi connectivity index (χ3v) is 3.21. The number of benzene rings is 1. The number of hydrogen-bond acceptors (Lipinski definition) is 2. The molecular weight excluding hydrogens is 270 g/mol. The predicted octanol–water partition coefficient (Wildman–Crippen LogP) is 2.40. The molecule has 0 aliphatic heterocycles. The fourth-order valence-electron chi connectivity index (χ4n) is 1.34. The third-order valence-electron chi connectivity index (χ3n) is 2.68. The Labute approximate surface area is 104 Å². The van der Waals surface area contributed by atoms with E-state index in [0.717, 1.165) is 17.4 Å². The van der Waals surface area contributed by atoms with Gasteiger partial charge in [-0.2, -0.15) is 0 Å². The Hall–Kier alpha value is -0.870. The van der Waals surface area contributed by atoms with E-state index in [-0.39, 0.29) is 0 Å². The predicted molar refractivity (Wildman–Crippen MR) is 67.6 cm³/mol. The number of carbonyl (C=O) groups is 1. The first-order valence-electron chi connectivity index (χ1n) is 5.18. The van der Waals surface area contributed by atoms with Gasteiger partial charge in [0.05, 0.1) is 0 Å². The Morgan fingerprint density at radius 1 is 1.44 bits per heavy atom. The van der Waals surface area contributed by atoms with Gasteiger partial charge in [-0.3, -0.25) is 9.69 Å². The zero-order valence-corrected chi connectivity index (χ0v) is 11.1. The first-order chi connectivity index (χ1) is 7.50. The molecule has 0 bridgehead atoms. The summed E-state index contributed by atoms with van der Waals surface area (Å²) in [4.78, 5) is 12.6. The molecule has 88 valence electrons. The second-order valence-corrected chi connectivity index (χ2v) is 4.79. The minimum Gasteiger partial charge on any atom is -0.480 e. The normalized spacial score (nSPS) is 12.8. The molecular formula is C12H16BrNO2. The molecule has 0 saturated heterocycles. The minimum absolute atomic E-state index is 0.435. The van der Waals surface area contributed by atoms with Crippen LogP contribution in [0.1, 0.15) is 12.5 Å². The van der Waals surface area contributed by atoms with Gasteiger partial charge in [0.25, 0.3) is 0 Å². The zero-order chi connectivity index (χ0) is 12.1. The Balaban J connectivity index is 2.45. The SMILES string of the molecule is C[C@H](C(=O)O)N(C)CCc1ccc(Br)cc1. The maximum atomic E-state index is 10.7. The molecule has 0 aromatic heterocycles. The summed E-state index contributed by atoms with van der Waals surface area (Å²) in [5, 5.41) is 8.84. The summed E-state index contributed by atoms with van der Waals surface area (Å²) in [6.07, 6.45) is 0.862. The van der Waals surface area contributed by atoms with Gasteiger partial charge in [-0.15, -0.1) is 0 Å². The van der Waals surface area contributed by atoms with Crippen LogP contribution in [0.2, 0.25) is 0 Å². The number of nitrogens with zero attached hydrogens (tertiary/aromatic N) is 1. The lowest BCUT2D eigenvalue weighted by atomic mass is 10.1. The molecule has 3 nitrogen and oxygen atoms in total. The first kappa shape index (κ1) is 13.2. The molecule has 0 unspecified atom stereocenters. The molecule has 1 rings (SSSR count). The van der Waals surface area contributed by atoms with E-state index in [9.17, 15) is 4.79 Å². The monoisotopic (exact) mass is 285 g/mol. The molecule has 0 heterocycles. The van der Waals surface area contributed by atoms with Gasteiger partial charge in [-0.1, -0.05) is 28.1 Å². The first-order valence-corrected chi connectivity index (χ1v) is 5.97. The molecule has 1 N–H and O–H groups in total. The van der Waals surface area contributed by atoms with Gasteiger partial charge in [0, 0.05) is 11.0 Å². The Morgan fingerprint density at radius 2 is 2.00 bits per heavy atom. The molecule has 0 amide bonds. The van der Waals surface area contributed by atoms with Crippen LogP contribution in [0.25, 0.3) is 0 Å². The number of rotatable bonds is 5. The molecule has 1 atom stereocenters. The highest BCUT2D eigenvalue weighted by Gasteiger charge is 2.15. The third kappa shape index (κ3) is 3.94. The van der Waals surface area contributed by atoms with Gasteiger partial charge in [-0.05, 0) is 38.1 Å². The van der Waals surface area contributed by atoms with Crippen molar-refractivity contribution in [1.29, 1.82) is 0 Å². The van der Waals surface area contributed by atoms with Crippen molar-refractivity contribution < 1.29 is 9.90 Å². The topological polar surface area (TPSA) is 40.5 Å². The van der Waals surface area contributed by atoms with Crippen LogP contribution in [0.3, 0.4) is 0 Å². The molecule has 0 fully saturated rings. The van der Waals surface area contributed by atoms with E-state index in [1.165, 1.54) is 5.56 Å². The number of aliphatic carboxylic acids is 1. The van der Waals surface area contributed by atoms with Crippen LogP contribution >= 0.6 is 15.9 Å². The number of hydrogen-bond donors (Lipinski definition) is 1. The fraction of sp³-hybridized carbons (Fsp3) is 0.417. The molecule has 0 saturated carbocycles. The number of halogens is 1. The van der Waals surface area contributed by atoms with Crippen molar-refractivity contribution in [3.63, 3.8) is 0 Å². The molecule has 0 spiro atoms. The summed E-state index contributed by atoms with van der Waals surface area (Å²) in [6, 6.07) is 7.65. The van der Waals surface area contributed by atoms with Crippen LogP contribution < -0.4 is 0 Å². The fourth-order valence-corrected chi connectivity index (χ4v) is 1.60. The molecule has 1 aromatic rings.